The Hall–Kier alpha value is -0.570. The van der Waals surface area contributed by atoms with Crippen molar-refractivity contribution < 1.29 is 0 Å². The fourth-order valence-corrected chi connectivity index (χ4v) is 2.63. The van der Waals surface area contributed by atoms with Gasteiger partial charge in [-0.3, -0.25) is 0 Å². The summed E-state index contributed by atoms with van der Waals surface area (Å²) in [6.07, 6.45) is 4.27. The predicted molar refractivity (Wildman–Crippen MR) is 51.3 cm³/mol. The van der Waals surface area contributed by atoms with Gasteiger partial charge in [-0.15, -0.1) is 0 Å². The van der Waals surface area contributed by atoms with Crippen molar-refractivity contribution in [2.24, 2.45) is 0 Å². The third-order valence-electron chi connectivity index (χ3n) is 2.23. The molecule has 1 aliphatic heterocycles. The van der Waals surface area contributed by atoms with Gasteiger partial charge in [0.2, 0.25) is 0 Å². The molecule has 0 N–H and O–H groups in total. The zero-order valence-electron chi connectivity index (χ0n) is 6.94. The van der Waals surface area contributed by atoms with E-state index in [4.69, 9.17) is 0 Å². The average Bonchev–Trinajstić information content (AvgIpc) is 2.21. The van der Waals surface area contributed by atoms with Crippen LogP contribution in [0.4, 0.5) is 0 Å². The van der Waals surface area contributed by atoms with Gasteiger partial charge in [0.05, 0.1) is 5.69 Å². The molecule has 2 nitrogen and oxygen atoms in total. The molecule has 1 aromatic rings. The molecule has 2 rings (SSSR count). The molecule has 0 amide bonds. The average molecular weight is 180 g/mol. The zero-order chi connectivity index (χ0) is 8.23. The number of hydrogen-bond acceptors (Lipinski definition) is 3. The standard InChI is InChI=1S/C9H12N2S/c1-2-9(11-10-5-1)8-3-6-12-7-4-8/h1-2,5,8H,3-4,6-7H2. The van der Waals surface area contributed by atoms with Gasteiger partial charge in [0.15, 0.2) is 0 Å². The molecule has 0 spiro atoms. The maximum absolute atomic E-state index is 4.14. The summed E-state index contributed by atoms with van der Waals surface area (Å²) >= 11 is 2.05. The Morgan fingerprint density at radius 3 is 2.83 bits per heavy atom. The van der Waals surface area contributed by atoms with E-state index in [1.165, 1.54) is 30.0 Å². The van der Waals surface area contributed by atoms with Crippen LogP contribution >= 0.6 is 11.8 Å². The minimum Gasteiger partial charge on any atom is -0.162 e. The summed E-state index contributed by atoms with van der Waals surface area (Å²) < 4.78 is 0. The molecular formula is C9H12N2S. The molecule has 0 unspecified atom stereocenters. The zero-order valence-corrected chi connectivity index (χ0v) is 7.76. The first-order chi connectivity index (χ1) is 5.97. The van der Waals surface area contributed by atoms with E-state index in [1.54, 1.807) is 6.20 Å². The molecular weight excluding hydrogens is 168 g/mol. The van der Waals surface area contributed by atoms with Gasteiger partial charge in [-0.25, -0.2) is 0 Å². The highest BCUT2D eigenvalue weighted by Gasteiger charge is 2.16. The van der Waals surface area contributed by atoms with Crippen LogP contribution in [0.2, 0.25) is 0 Å². The lowest BCUT2D eigenvalue weighted by Gasteiger charge is -2.19. The topological polar surface area (TPSA) is 25.8 Å². The summed E-state index contributed by atoms with van der Waals surface area (Å²) in [4.78, 5) is 0. The van der Waals surface area contributed by atoms with Gasteiger partial charge in [0.25, 0.3) is 0 Å². The Morgan fingerprint density at radius 2 is 2.17 bits per heavy atom. The number of hydrogen-bond donors (Lipinski definition) is 0. The SMILES string of the molecule is c1cnnc(C2CCSCC2)c1. The smallest absolute Gasteiger partial charge is 0.0662 e. The monoisotopic (exact) mass is 180 g/mol. The predicted octanol–water partition coefficient (Wildman–Crippen LogP) is 2.09. The number of thioether (sulfide) groups is 1. The maximum Gasteiger partial charge on any atom is 0.0662 e. The van der Waals surface area contributed by atoms with Crippen LogP contribution in [0.5, 0.6) is 0 Å². The van der Waals surface area contributed by atoms with Crippen LogP contribution in [0.3, 0.4) is 0 Å². The molecule has 1 saturated heterocycles. The quantitative estimate of drug-likeness (QED) is 0.661. The Morgan fingerprint density at radius 1 is 1.33 bits per heavy atom. The lowest BCUT2D eigenvalue weighted by Crippen LogP contribution is -2.09. The molecule has 0 atom stereocenters. The van der Waals surface area contributed by atoms with E-state index >= 15 is 0 Å². The number of aromatic nitrogens is 2. The first-order valence-electron chi connectivity index (χ1n) is 4.32. The van der Waals surface area contributed by atoms with Crippen LogP contribution < -0.4 is 0 Å². The molecule has 1 aromatic heterocycles. The fraction of sp³-hybridized carbons (Fsp3) is 0.556. The molecule has 0 aromatic carbocycles. The lowest BCUT2D eigenvalue weighted by molar-refractivity contribution is 0.609. The van der Waals surface area contributed by atoms with Crippen molar-refractivity contribution in [3.05, 3.63) is 24.0 Å². The van der Waals surface area contributed by atoms with Gasteiger partial charge in [-0.1, -0.05) is 0 Å². The van der Waals surface area contributed by atoms with E-state index in [1.807, 2.05) is 17.8 Å². The molecule has 2 heterocycles. The molecule has 1 aliphatic rings. The highest BCUT2D eigenvalue weighted by atomic mass is 32.2. The van der Waals surface area contributed by atoms with E-state index in [0.29, 0.717) is 5.92 Å². The molecule has 64 valence electrons. The van der Waals surface area contributed by atoms with E-state index in [9.17, 15) is 0 Å². The second kappa shape index (κ2) is 3.90. The summed E-state index contributed by atoms with van der Waals surface area (Å²) in [6, 6.07) is 4.07. The van der Waals surface area contributed by atoms with E-state index in [0.717, 1.165) is 0 Å². The normalized spacial score (nSPS) is 19.3. The maximum atomic E-state index is 4.14. The van der Waals surface area contributed by atoms with E-state index in [-0.39, 0.29) is 0 Å². The summed E-state index contributed by atoms with van der Waals surface area (Å²) in [7, 11) is 0. The third-order valence-corrected chi connectivity index (χ3v) is 3.28. The van der Waals surface area contributed by atoms with Crippen LogP contribution in [0.1, 0.15) is 24.5 Å². The number of nitrogens with zero attached hydrogens (tertiary/aromatic N) is 2. The van der Waals surface area contributed by atoms with E-state index < -0.39 is 0 Å². The van der Waals surface area contributed by atoms with Crippen LogP contribution in [-0.2, 0) is 0 Å². The Kier molecular flexibility index (Phi) is 2.61. The van der Waals surface area contributed by atoms with Crippen LogP contribution in [0, 0.1) is 0 Å². The van der Waals surface area contributed by atoms with E-state index in [2.05, 4.69) is 16.3 Å². The molecule has 0 aliphatic carbocycles. The Labute approximate surface area is 76.8 Å². The van der Waals surface area contributed by atoms with Gasteiger partial charge in [-0.05, 0) is 36.5 Å². The Balaban J connectivity index is 2.08. The second-order valence-corrected chi connectivity index (χ2v) is 4.26. The van der Waals surface area contributed by atoms with Gasteiger partial charge in [0, 0.05) is 12.1 Å². The molecule has 0 bridgehead atoms. The molecule has 0 radical (unpaired) electrons. The molecule has 3 heteroatoms. The molecule has 12 heavy (non-hydrogen) atoms. The first kappa shape index (κ1) is 8.05. The summed E-state index contributed by atoms with van der Waals surface area (Å²) in [6.45, 7) is 0. The second-order valence-electron chi connectivity index (χ2n) is 3.04. The lowest BCUT2D eigenvalue weighted by atomic mass is 9.99. The van der Waals surface area contributed by atoms with Crippen molar-refractivity contribution in [1.29, 1.82) is 0 Å². The van der Waals surface area contributed by atoms with Crippen LogP contribution in [0.25, 0.3) is 0 Å². The molecule has 1 fully saturated rings. The minimum absolute atomic E-state index is 0.667. The van der Waals surface area contributed by atoms with Crippen molar-refractivity contribution in [3.8, 4) is 0 Å². The minimum atomic E-state index is 0.667. The molecule has 0 saturated carbocycles. The summed E-state index contributed by atoms with van der Waals surface area (Å²) in [5.41, 5.74) is 1.18. The first-order valence-corrected chi connectivity index (χ1v) is 5.47. The van der Waals surface area contributed by atoms with Gasteiger partial charge < -0.3 is 0 Å². The highest BCUT2D eigenvalue weighted by Crippen LogP contribution is 2.29. The number of rotatable bonds is 1. The van der Waals surface area contributed by atoms with Gasteiger partial charge in [0.1, 0.15) is 0 Å². The van der Waals surface area contributed by atoms with Crippen molar-refractivity contribution in [2.75, 3.05) is 11.5 Å². The van der Waals surface area contributed by atoms with Crippen molar-refractivity contribution in [2.45, 2.75) is 18.8 Å². The summed E-state index contributed by atoms with van der Waals surface area (Å²) in [5, 5.41) is 8.05. The third kappa shape index (κ3) is 1.78. The highest BCUT2D eigenvalue weighted by molar-refractivity contribution is 7.99. The fourth-order valence-electron chi connectivity index (χ4n) is 1.52. The van der Waals surface area contributed by atoms with Crippen LogP contribution in [0.15, 0.2) is 18.3 Å². The largest absolute Gasteiger partial charge is 0.162 e. The van der Waals surface area contributed by atoms with Gasteiger partial charge >= 0.3 is 0 Å². The Bertz CT molecular complexity index is 232. The summed E-state index contributed by atoms with van der Waals surface area (Å²) in [5.74, 6) is 3.22. The van der Waals surface area contributed by atoms with Gasteiger partial charge in [-0.2, -0.15) is 22.0 Å². The van der Waals surface area contributed by atoms with Crippen molar-refractivity contribution in [1.82, 2.24) is 10.2 Å². The van der Waals surface area contributed by atoms with Crippen LogP contribution in [-0.4, -0.2) is 21.7 Å². The van der Waals surface area contributed by atoms with Crippen molar-refractivity contribution in [3.63, 3.8) is 0 Å². The van der Waals surface area contributed by atoms with Crippen molar-refractivity contribution >= 4 is 11.8 Å².